The highest BCUT2D eigenvalue weighted by molar-refractivity contribution is 9.10. The van der Waals surface area contributed by atoms with Crippen molar-refractivity contribution in [3.8, 4) is 5.69 Å². The van der Waals surface area contributed by atoms with Gasteiger partial charge < -0.3 is 0 Å². The summed E-state index contributed by atoms with van der Waals surface area (Å²) in [5.41, 5.74) is 2.00. The molecule has 1 aromatic heterocycles. The molecule has 170 valence electrons. The van der Waals surface area contributed by atoms with Crippen LogP contribution in [-0.2, 0) is 10.0 Å². The SMILES string of the molecule is CCN(C(C)c1nc2ccccc2c(=O)n1-c1ccc(C)cc1)S(=O)(=O)c1ccc(Br)cc1. The highest BCUT2D eigenvalue weighted by atomic mass is 79.9. The van der Waals surface area contributed by atoms with Crippen LogP contribution in [0.3, 0.4) is 0 Å². The molecule has 0 N–H and O–H groups in total. The molecule has 1 unspecified atom stereocenters. The van der Waals surface area contributed by atoms with E-state index in [2.05, 4.69) is 15.9 Å². The van der Waals surface area contributed by atoms with Crippen molar-refractivity contribution in [2.75, 3.05) is 6.54 Å². The van der Waals surface area contributed by atoms with Gasteiger partial charge in [-0.05, 0) is 62.4 Å². The molecule has 1 atom stereocenters. The molecule has 33 heavy (non-hydrogen) atoms. The predicted molar refractivity (Wildman–Crippen MR) is 134 cm³/mol. The van der Waals surface area contributed by atoms with E-state index in [1.807, 2.05) is 37.3 Å². The van der Waals surface area contributed by atoms with E-state index >= 15 is 0 Å². The Morgan fingerprint density at radius 1 is 1.00 bits per heavy atom. The number of para-hydroxylation sites is 1. The molecule has 6 nitrogen and oxygen atoms in total. The van der Waals surface area contributed by atoms with Gasteiger partial charge in [-0.3, -0.25) is 9.36 Å². The molecule has 3 aromatic carbocycles. The van der Waals surface area contributed by atoms with Crippen molar-refractivity contribution in [1.82, 2.24) is 13.9 Å². The van der Waals surface area contributed by atoms with Gasteiger partial charge in [0, 0.05) is 11.0 Å². The molecule has 0 aliphatic rings. The topological polar surface area (TPSA) is 72.3 Å². The van der Waals surface area contributed by atoms with E-state index < -0.39 is 16.1 Å². The third kappa shape index (κ3) is 4.38. The van der Waals surface area contributed by atoms with Crippen molar-refractivity contribution in [1.29, 1.82) is 0 Å². The molecule has 0 bridgehead atoms. The summed E-state index contributed by atoms with van der Waals surface area (Å²) in [4.78, 5) is 18.5. The Morgan fingerprint density at radius 3 is 2.27 bits per heavy atom. The molecule has 4 rings (SSSR count). The zero-order valence-corrected chi connectivity index (χ0v) is 21.0. The summed E-state index contributed by atoms with van der Waals surface area (Å²) < 4.78 is 30.7. The van der Waals surface area contributed by atoms with Crippen LogP contribution in [0.2, 0.25) is 0 Å². The summed E-state index contributed by atoms with van der Waals surface area (Å²) in [5.74, 6) is 0.366. The van der Waals surface area contributed by atoms with Crippen molar-refractivity contribution >= 4 is 36.9 Å². The number of hydrogen-bond donors (Lipinski definition) is 0. The molecule has 4 aromatic rings. The van der Waals surface area contributed by atoms with E-state index in [0.29, 0.717) is 22.4 Å². The summed E-state index contributed by atoms with van der Waals surface area (Å²) in [5, 5.41) is 0.479. The van der Waals surface area contributed by atoms with Crippen LogP contribution in [0.4, 0.5) is 0 Å². The molecular formula is C25H24BrN3O3S. The van der Waals surface area contributed by atoms with Crippen LogP contribution in [0.1, 0.15) is 31.3 Å². The maximum absolute atomic E-state index is 13.6. The molecule has 0 saturated heterocycles. The van der Waals surface area contributed by atoms with Crippen LogP contribution >= 0.6 is 15.9 Å². The number of aryl methyl sites for hydroxylation is 1. The zero-order chi connectivity index (χ0) is 23.8. The largest absolute Gasteiger partial charge is 0.268 e. The number of halogens is 1. The van der Waals surface area contributed by atoms with Gasteiger partial charge in [-0.25, -0.2) is 13.4 Å². The summed E-state index contributed by atoms with van der Waals surface area (Å²) in [6.45, 7) is 5.73. The zero-order valence-electron chi connectivity index (χ0n) is 18.6. The molecule has 1 heterocycles. The molecular weight excluding hydrogens is 502 g/mol. The van der Waals surface area contributed by atoms with Crippen LogP contribution < -0.4 is 5.56 Å². The van der Waals surface area contributed by atoms with Crippen LogP contribution in [0.5, 0.6) is 0 Å². The minimum atomic E-state index is -3.83. The molecule has 0 spiro atoms. The van der Waals surface area contributed by atoms with Gasteiger partial charge in [0.2, 0.25) is 10.0 Å². The second-order valence-electron chi connectivity index (χ2n) is 7.80. The Hall–Kier alpha value is -2.81. The first-order chi connectivity index (χ1) is 15.7. The summed E-state index contributed by atoms with van der Waals surface area (Å²) in [6, 6.07) is 20.5. The van der Waals surface area contributed by atoms with Crippen molar-refractivity contribution in [3.05, 3.63) is 99.0 Å². The van der Waals surface area contributed by atoms with Gasteiger partial charge in [0.25, 0.3) is 5.56 Å². The fraction of sp³-hybridized carbons (Fsp3) is 0.200. The lowest BCUT2D eigenvalue weighted by atomic mass is 10.2. The number of fused-ring (bicyclic) bond motifs is 1. The van der Waals surface area contributed by atoms with Crippen molar-refractivity contribution < 1.29 is 8.42 Å². The van der Waals surface area contributed by atoms with Crippen LogP contribution in [0.25, 0.3) is 16.6 Å². The lowest BCUT2D eigenvalue weighted by Gasteiger charge is -2.28. The number of sulfonamides is 1. The third-order valence-electron chi connectivity index (χ3n) is 5.63. The van der Waals surface area contributed by atoms with Gasteiger partial charge >= 0.3 is 0 Å². The molecule has 0 fully saturated rings. The van der Waals surface area contributed by atoms with Crippen LogP contribution in [0, 0.1) is 6.92 Å². The minimum absolute atomic E-state index is 0.185. The second-order valence-corrected chi connectivity index (χ2v) is 10.6. The second kappa shape index (κ2) is 9.21. The van der Waals surface area contributed by atoms with Crippen molar-refractivity contribution in [3.63, 3.8) is 0 Å². The van der Waals surface area contributed by atoms with Gasteiger partial charge in [0.1, 0.15) is 5.82 Å². The first-order valence-corrected chi connectivity index (χ1v) is 12.8. The average Bonchev–Trinajstić information content (AvgIpc) is 2.80. The maximum atomic E-state index is 13.6. The number of nitrogens with zero attached hydrogens (tertiary/aromatic N) is 3. The summed E-state index contributed by atoms with van der Waals surface area (Å²) in [6.07, 6.45) is 0. The number of rotatable bonds is 6. The molecule has 0 saturated carbocycles. The highest BCUT2D eigenvalue weighted by Crippen LogP contribution is 2.28. The van der Waals surface area contributed by atoms with Crippen LogP contribution in [0.15, 0.2) is 87.0 Å². The van der Waals surface area contributed by atoms with E-state index in [1.54, 1.807) is 56.3 Å². The van der Waals surface area contributed by atoms with E-state index in [-0.39, 0.29) is 17.0 Å². The first-order valence-electron chi connectivity index (χ1n) is 10.6. The molecule has 8 heteroatoms. The van der Waals surface area contributed by atoms with Crippen molar-refractivity contribution in [2.24, 2.45) is 0 Å². The Bertz CT molecular complexity index is 1460. The van der Waals surface area contributed by atoms with E-state index in [1.165, 1.54) is 8.87 Å². The first kappa shape index (κ1) is 23.4. The van der Waals surface area contributed by atoms with E-state index in [0.717, 1.165) is 10.0 Å². The number of hydrogen-bond acceptors (Lipinski definition) is 4. The van der Waals surface area contributed by atoms with Gasteiger partial charge in [-0.15, -0.1) is 0 Å². The smallest absolute Gasteiger partial charge is 0.266 e. The molecule has 0 aliphatic heterocycles. The highest BCUT2D eigenvalue weighted by Gasteiger charge is 2.32. The third-order valence-corrected chi connectivity index (χ3v) is 8.22. The Morgan fingerprint density at radius 2 is 1.64 bits per heavy atom. The number of benzene rings is 3. The molecule has 0 amide bonds. The normalized spacial score (nSPS) is 12.9. The van der Waals surface area contributed by atoms with Gasteiger partial charge in [-0.1, -0.05) is 52.7 Å². The minimum Gasteiger partial charge on any atom is -0.268 e. The lowest BCUT2D eigenvalue weighted by Crippen LogP contribution is -2.37. The maximum Gasteiger partial charge on any atom is 0.266 e. The van der Waals surface area contributed by atoms with Crippen LogP contribution in [-0.4, -0.2) is 28.8 Å². The van der Waals surface area contributed by atoms with E-state index in [4.69, 9.17) is 4.98 Å². The summed E-state index contributed by atoms with van der Waals surface area (Å²) in [7, 11) is -3.83. The Balaban J connectivity index is 1.93. The standard InChI is InChI=1S/C25H24BrN3O3S/c1-4-28(33(31,32)21-15-11-19(26)12-16-21)18(3)24-27-23-8-6-5-7-22(23)25(30)29(24)20-13-9-17(2)10-14-20/h5-16,18H,4H2,1-3H3. The number of aromatic nitrogens is 2. The van der Waals surface area contributed by atoms with E-state index in [9.17, 15) is 13.2 Å². The Labute approximate surface area is 201 Å². The average molecular weight is 526 g/mol. The fourth-order valence-electron chi connectivity index (χ4n) is 3.90. The van der Waals surface area contributed by atoms with Gasteiger partial charge in [0.15, 0.2) is 0 Å². The lowest BCUT2D eigenvalue weighted by molar-refractivity contribution is 0.340. The molecule has 0 radical (unpaired) electrons. The van der Waals surface area contributed by atoms with Gasteiger partial charge in [0.05, 0.1) is 27.5 Å². The predicted octanol–water partition coefficient (Wildman–Crippen LogP) is 5.23. The Kier molecular flexibility index (Phi) is 6.52. The van der Waals surface area contributed by atoms with Crippen molar-refractivity contribution in [2.45, 2.75) is 31.7 Å². The monoisotopic (exact) mass is 525 g/mol. The van der Waals surface area contributed by atoms with Gasteiger partial charge in [-0.2, -0.15) is 4.31 Å². The summed E-state index contributed by atoms with van der Waals surface area (Å²) >= 11 is 3.35. The fourth-order valence-corrected chi connectivity index (χ4v) is 5.76. The quantitative estimate of drug-likeness (QED) is 0.345. The molecule has 0 aliphatic carbocycles.